The van der Waals surface area contributed by atoms with Crippen LogP contribution in [0.25, 0.3) is 0 Å². The minimum atomic E-state index is -0.194. The lowest BCUT2D eigenvalue weighted by atomic mass is 10.2. The van der Waals surface area contributed by atoms with Crippen LogP contribution in [0.1, 0.15) is 0 Å². The van der Waals surface area contributed by atoms with Gasteiger partial charge >= 0.3 is 0 Å². The number of nitrogens with zero attached hydrogens (tertiary/aromatic N) is 3. The van der Waals surface area contributed by atoms with Crippen LogP contribution in [0.3, 0.4) is 0 Å². The molecule has 1 aliphatic rings. The van der Waals surface area contributed by atoms with Crippen molar-refractivity contribution in [1.29, 1.82) is 0 Å². The Morgan fingerprint density at radius 3 is 1.84 bits per heavy atom. The molecule has 0 aliphatic carbocycles. The summed E-state index contributed by atoms with van der Waals surface area (Å²) < 4.78 is 1.65. The van der Waals surface area contributed by atoms with Crippen LogP contribution in [0.4, 0.5) is 11.4 Å². The first kappa shape index (κ1) is 19.6. The number of anilines is 1. The van der Waals surface area contributed by atoms with Gasteiger partial charge < -0.3 is 0 Å². The van der Waals surface area contributed by atoms with E-state index in [2.05, 4.69) is 5.22 Å². The summed E-state index contributed by atoms with van der Waals surface area (Å²) in [4.78, 5) is 0. The molecule has 1 unspecified atom stereocenters. The van der Waals surface area contributed by atoms with E-state index in [0.29, 0.717) is 48.1 Å². The van der Waals surface area contributed by atoms with Gasteiger partial charge in [-0.1, -0.05) is 69.6 Å². The van der Waals surface area contributed by atoms with Crippen molar-refractivity contribution in [3.63, 3.8) is 0 Å². The fourth-order valence-electron chi connectivity index (χ4n) is 2.51. The third-order valence-corrected chi connectivity index (χ3v) is 5.51. The third kappa shape index (κ3) is 3.93. The first-order valence-electron chi connectivity index (χ1n) is 6.95. The van der Waals surface area contributed by atoms with Crippen LogP contribution in [0, 0.1) is 0 Å². The Hall–Kier alpha value is -0.130. The van der Waals surface area contributed by atoms with E-state index in [1.54, 1.807) is 34.0 Å². The van der Waals surface area contributed by atoms with Gasteiger partial charge in [0.05, 0.1) is 31.2 Å². The van der Waals surface area contributed by atoms with Crippen molar-refractivity contribution in [2.45, 2.75) is 6.04 Å². The summed E-state index contributed by atoms with van der Waals surface area (Å²) in [6.45, 7) is 0.444. The van der Waals surface area contributed by atoms with E-state index >= 15 is 0 Å². The van der Waals surface area contributed by atoms with Crippen molar-refractivity contribution in [1.82, 2.24) is 0 Å². The standard InChI is InChI=1S/C15H9Cl7N3/c16-5-9-6-24(14-10(19)1-7(17)2-11(14)20)23-25(9)15-12(21)3-8(18)4-13(15)22/h1-4,9H,5-6H2/q+1. The molecule has 2 aromatic carbocycles. The van der Waals surface area contributed by atoms with E-state index in [-0.39, 0.29) is 11.9 Å². The van der Waals surface area contributed by atoms with Crippen molar-refractivity contribution in [2.75, 3.05) is 17.4 Å². The van der Waals surface area contributed by atoms with Crippen molar-refractivity contribution in [2.24, 2.45) is 5.22 Å². The minimum absolute atomic E-state index is 0.194. The number of halogens is 7. The number of benzene rings is 2. The Bertz CT molecular complexity index is 822. The Balaban J connectivity index is 2.11. The highest BCUT2D eigenvalue weighted by molar-refractivity contribution is 6.42. The van der Waals surface area contributed by atoms with E-state index < -0.39 is 0 Å². The molecule has 0 fully saturated rings. The van der Waals surface area contributed by atoms with Gasteiger partial charge in [-0.05, 0) is 24.3 Å². The second kappa shape index (κ2) is 7.85. The maximum absolute atomic E-state index is 6.31. The molecule has 1 aliphatic heterocycles. The second-order valence-electron chi connectivity index (χ2n) is 5.26. The maximum atomic E-state index is 6.31. The molecular weight excluding hydrogens is 470 g/mol. The topological polar surface area (TPSA) is 18.6 Å². The zero-order valence-corrected chi connectivity index (χ0v) is 17.6. The zero-order chi connectivity index (χ0) is 18.3. The minimum Gasteiger partial charge on any atom is -0.126 e. The van der Waals surface area contributed by atoms with Gasteiger partial charge in [0, 0.05) is 10.0 Å². The number of rotatable bonds is 3. The average molecular weight is 479 g/mol. The summed E-state index contributed by atoms with van der Waals surface area (Å²) in [5.41, 5.74) is 1.05. The van der Waals surface area contributed by atoms with Crippen LogP contribution in [-0.2, 0) is 0 Å². The highest BCUT2D eigenvalue weighted by Gasteiger charge is 2.40. The van der Waals surface area contributed by atoms with E-state index in [0.717, 1.165) is 0 Å². The van der Waals surface area contributed by atoms with E-state index in [4.69, 9.17) is 81.2 Å². The number of hydrogen-bond donors (Lipinski definition) is 0. The van der Waals surface area contributed by atoms with Gasteiger partial charge in [0.1, 0.15) is 0 Å². The summed E-state index contributed by atoms with van der Waals surface area (Å²) >= 11 is 43.3. The van der Waals surface area contributed by atoms with Crippen LogP contribution in [0.15, 0.2) is 29.5 Å². The summed E-state index contributed by atoms with van der Waals surface area (Å²) in [7, 11) is 0. The van der Waals surface area contributed by atoms with Crippen molar-refractivity contribution in [3.05, 3.63) is 54.4 Å². The lowest BCUT2D eigenvalue weighted by Gasteiger charge is -2.14. The summed E-state index contributed by atoms with van der Waals surface area (Å²) in [5.74, 6) is 0.290. The molecule has 0 amide bonds. The quantitative estimate of drug-likeness (QED) is 0.325. The predicted octanol–water partition coefficient (Wildman–Crippen LogP) is 7.75. The highest BCUT2D eigenvalue weighted by atomic mass is 35.5. The molecule has 1 heterocycles. The monoisotopic (exact) mass is 476 g/mol. The van der Waals surface area contributed by atoms with Gasteiger partial charge in [0.15, 0.2) is 24.0 Å². The fourth-order valence-corrected chi connectivity index (χ4v) is 4.75. The molecule has 0 spiro atoms. The molecule has 25 heavy (non-hydrogen) atoms. The number of alkyl halides is 1. The SMILES string of the molecule is ClCC1C[N+](c2c(Cl)cc(Cl)cc2Cl)=NN1c1c(Cl)cc(Cl)cc1Cl. The normalized spacial score (nSPS) is 17.2. The van der Waals surface area contributed by atoms with Crippen molar-refractivity contribution in [3.8, 4) is 0 Å². The van der Waals surface area contributed by atoms with Crippen LogP contribution in [0.2, 0.25) is 30.1 Å². The lowest BCUT2D eigenvalue weighted by Crippen LogP contribution is -2.31. The van der Waals surface area contributed by atoms with Crippen LogP contribution in [0.5, 0.6) is 0 Å². The van der Waals surface area contributed by atoms with Gasteiger partial charge in [-0.25, -0.2) is 0 Å². The predicted molar refractivity (Wildman–Crippen MR) is 107 cm³/mol. The molecule has 0 N–H and O–H groups in total. The van der Waals surface area contributed by atoms with Crippen LogP contribution < -0.4 is 5.01 Å². The molecule has 1 atom stereocenters. The van der Waals surface area contributed by atoms with Crippen LogP contribution >= 0.6 is 81.2 Å². The molecule has 0 aromatic heterocycles. The molecule has 0 radical (unpaired) electrons. The molecule has 2 aromatic rings. The number of hydrogen-bond acceptors (Lipinski definition) is 2. The maximum Gasteiger partial charge on any atom is 0.187 e. The van der Waals surface area contributed by atoms with Gasteiger partial charge in [-0.2, -0.15) is 0 Å². The molecule has 3 nitrogen and oxygen atoms in total. The molecule has 0 bridgehead atoms. The molecular formula is C15H9Cl7N3+. The molecule has 132 valence electrons. The molecule has 10 heteroatoms. The largest absolute Gasteiger partial charge is 0.187 e. The summed E-state index contributed by atoms with van der Waals surface area (Å²) in [6, 6.07) is 6.19. The van der Waals surface area contributed by atoms with Crippen LogP contribution in [-0.4, -0.2) is 23.2 Å². The Morgan fingerprint density at radius 1 is 0.880 bits per heavy atom. The van der Waals surface area contributed by atoms with Gasteiger partial charge in [-0.15, -0.1) is 21.3 Å². The van der Waals surface area contributed by atoms with Gasteiger partial charge in [0.25, 0.3) is 0 Å². The van der Waals surface area contributed by atoms with E-state index in [9.17, 15) is 0 Å². The smallest absolute Gasteiger partial charge is 0.126 e. The first-order valence-corrected chi connectivity index (χ1v) is 9.75. The average Bonchev–Trinajstić information content (AvgIpc) is 2.88. The van der Waals surface area contributed by atoms with E-state index in [1.807, 2.05) is 0 Å². The Kier molecular flexibility index (Phi) is 6.17. The fraction of sp³-hybridized carbons (Fsp3) is 0.200. The third-order valence-electron chi connectivity index (χ3n) is 3.56. The van der Waals surface area contributed by atoms with E-state index in [1.165, 1.54) is 0 Å². The second-order valence-corrected chi connectivity index (χ2v) is 8.07. The Labute approximate surface area is 179 Å². The highest BCUT2D eigenvalue weighted by Crippen LogP contribution is 2.42. The van der Waals surface area contributed by atoms with Crippen molar-refractivity contribution >= 4 is 92.6 Å². The van der Waals surface area contributed by atoms with Crippen molar-refractivity contribution < 1.29 is 4.70 Å². The molecule has 3 rings (SSSR count). The molecule has 0 saturated carbocycles. The van der Waals surface area contributed by atoms with Gasteiger partial charge in [-0.3, -0.25) is 0 Å². The first-order chi connectivity index (χ1) is 11.8. The lowest BCUT2D eigenvalue weighted by molar-refractivity contribution is -0.498. The Morgan fingerprint density at radius 2 is 1.36 bits per heavy atom. The molecule has 0 saturated heterocycles. The van der Waals surface area contributed by atoms with Gasteiger partial charge in [0.2, 0.25) is 0 Å². The zero-order valence-electron chi connectivity index (χ0n) is 12.3. The summed E-state index contributed by atoms with van der Waals surface area (Å²) in [5, 5.41) is 8.55. The summed E-state index contributed by atoms with van der Waals surface area (Å²) in [6.07, 6.45) is 0.